The standard InChI is InChI=1S/C20H29N3O4/c1-20(2,3)27-19(26)21-14-17(24)22-16(13-15-9-5-4-6-10-15)18(25)23-11-7-8-12-23/h4-6,9-10,16H,7-8,11-14H2,1-3H3,(H,21,26)(H,22,24)/t16-/m0/s1. The second-order valence-corrected chi connectivity index (χ2v) is 7.70. The molecular formula is C20H29N3O4. The first-order chi connectivity index (χ1) is 12.7. The van der Waals surface area contributed by atoms with Crippen molar-refractivity contribution in [2.45, 2.75) is 51.7 Å². The smallest absolute Gasteiger partial charge is 0.408 e. The molecule has 0 radical (unpaired) electrons. The van der Waals surface area contributed by atoms with Gasteiger partial charge in [-0.1, -0.05) is 30.3 Å². The number of amides is 3. The molecule has 0 aromatic heterocycles. The van der Waals surface area contributed by atoms with E-state index in [9.17, 15) is 14.4 Å². The Balaban J connectivity index is 1.95. The van der Waals surface area contributed by atoms with Gasteiger partial charge in [0.15, 0.2) is 0 Å². The van der Waals surface area contributed by atoms with Gasteiger partial charge in [-0.3, -0.25) is 9.59 Å². The van der Waals surface area contributed by atoms with Crippen molar-refractivity contribution < 1.29 is 19.1 Å². The molecule has 1 aromatic carbocycles. The Kier molecular flexibility index (Phi) is 7.21. The average molecular weight is 375 g/mol. The zero-order valence-electron chi connectivity index (χ0n) is 16.3. The lowest BCUT2D eigenvalue weighted by molar-refractivity contribution is -0.135. The van der Waals surface area contributed by atoms with Crippen LogP contribution in [0.2, 0.25) is 0 Å². The molecule has 0 spiro atoms. The van der Waals surface area contributed by atoms with Crippen molar-refractivity contribution in [3.63, 3.8) is 0 Å². The van der Waals surface area contributed by atoms with Crippen molar-refractivity contribution in [2.75, 3.05) is 19.6 Å². The highest BCUT2D eigenvalue weighted by Gasteiger charge is 2.28. The van der Waals surface area contributed by atoms with E-state index in [-0.39, 0.29) is 12.5 Å². The Labute approximate surface area is 160 Å². The number of likely N-dealkylation sites (tertiary alicyclic amines) is 1. The number of carbonyl (C=O) groups excluding carboxylic acids is 3. The minimum atomic E-state index is -0.664. The van der Waals surface area contributed by atoms with E-state index in [0.717, 1.165) is 31.5 Å². The van der Waals surface area contributed by atoms with Crippen LogP contribution >= 0.6 is 0 Å². The number of hydrogen-bond acceptors (Lipinski definition) is 4. The molecule has 148 valence electrons. The van der Waals surface area contributed by atoms with Crippen LogP contribution in [0.15, 0.2) is 30.3 Å². The quantitative estimate of drug-likeness (QED) is 0.794. The third-order valence-corrected chi connectivity index (χ3v) is 4.13. The summed E-state index contributed by atoms with van der Waals surface area (Å²) in [6, 6.07) is 8.91. The molecular weight excluding hydrogens is 346 g/mol. The highest BCUT2D eigenvalue weighted by molar-refractivity contribution is 5.89. The molecule has 7 heteroatoms. The maximum atomic E-state index is 12.8. The van der Waals surface area contributed by atoms with Crippen molar-refractivity contribution >= 4 is 17.9 Å². The number of nitrogens with zero attached hydrogens (tertiary/aromatic N) is 1. The lowest BCUT2D eigenvalue weighted by atomic mass is 10.0. The van der Waals surface area contributed by atoms with E-state index in [1.807, 2.05) is 30.3 Å². The average Bonchev–Trinajstić information content (AvgIpc) is 3.13. The molecule has 1 aliphatic rings. The summed E-state index contributed by atoms with van der Waals surface area (Å²) in [5.74, 6) is -0.503. The second-order valence-electron chi connectivity index (χ2n) is 7.70. The van der Waals surface area contributed by atoms with Crippen LogP contribution in [-0.4, -0.2) is 54.1 Å². The SMILES string of the molecule is CC(C)(C)OC(=O)NCC(=O)N[C@@H](Cc1ccccc1)C(=O)N1CCCC1. The molecule has 2 rings (SSSR count). The molecule has 0 aliphatic carbocycles. The molecule has 7 nitrogen and oxygen atoms in total. The van der Waals surface area contributed by atoms with Gasteiger partial charge in [0.05, 0.1) is 0 Å². The van der Waals surface area contributed by atoms with Crippen LogP contribution in [0.3, 0.4) is 0 Å². The van der Waals surface area contributed by atoms with E-state index in [1.54, 1.807) is 25.7 Å². The molecule has 0 saturated carbocycles. The zero-order valence-corrected chi connectivity index (χ0v) is 16.3. The molecule has 1 saturated heterocycles. The molecule has 0 unspecified atom stereocenters. The van der Waals surface area contributed by atoms with Crippen molar-refractivity contribution in [1.29, 1.82) is 0 Å². The topological polar surface area (TPSA) is 87.7 Å². The summed E-state index contributed by atoms with van der Waals surface area (Å²) in [5.41, 5.74) is 0.331. The lowest BCUT2D eigenvalue weighted by Gasteiger charge is -2.24. The van der Waals surface area contributed by atoms with E-state index in [4.69, 9.17) is 4.74 Å². The molecule has 2 N–H and O–H groups in total. The number of benzene rings is 1. The molecule has 1 heterocycles. The minimum Gasteiger partial charge on any atom is -0.444 e. The number of carbonyl (C=O) groups is 3. The van der Waals surface area contributed by atoms with Crippen LogP contribution in [0.5, 0.6) is 0 Å². The molecule has 27 heavy (non-hydrogen) atoms. The maximum Gasteiger partial charge on any atom is 0.408 e. The van der Waals surface area contributed by atoms with E-state index in [1.165, 1.54) is 0 Å². The molecule has 1 atom stereocenters. The van der Waals surface area contributed by atoms with Gasteiger partial charge < -0.3 is 20.3 Å². The van der Waals surface area contributed by atoms with E-state index in [2.05, 4.69) is 10.6 Å². The van der Waals surface area contributed by atoms with E-state index < -0.39 is 23.6 Å². The molecule has 1 aliphatic heterocycles. The van der Waals surface area contributed by atoms with Gasteiger partial charge in [0.25, 0.3) is 0 Å². The highest BCUT2D eigenvalue weighted by Crippen LogP contribution is 2.12. The highest BCUT2D eigenvalue weighted by atomic mass is 16.6. The van der Waals surface area contributed by atoms with Crippen LogP contribution in [-0.2, 0) is 20.7 Å². The summed E-state index contributed by atoms with van der Waals surface area (Å²) in [7, 11) is 0. The Hall–Kier alpha value is -2.57. The summed E-state index contributed by atoms with van der Waals surface area (Å²) in [4.78, 5) is 38.6. The summed E-state index contributed by atoms with van der Waals surface area (Å²) in [6.07, 6.45) is 1.72. The lowest BCUT2D eigenvalue weighted by Crippen LogP contribution is -2.51. The number of ether oxygens (including phenoxy) is 1. The normalized spacial score (nSPS) is 15.1. The van der Waals surface area contributed by atoms with Gasteiger partial charge in [0.2, 0.25) is 11.8 Å². The fraction of sp³-hybridized carbons (Fsp3) is 0.550. The van der Waals surface area contributed by atoms with E-state index >= 15 is 0 Å². The second kappa shape index (κ2) is 9.39. The summed E-state index contributed by atoms with van der Waals surface area (Å²) in [5, 5.41) is 5.18. The Bertz CT molecular complexity index is 649. The summed E-state index contributed by atoms with van der Waals surface area (Å²) < 4.78 is 5.11. The fourth-order valence-corrected chi connectivity index (χ4v) is 2.92. The van der Waals surface area contributed by atoms with Gasteiger partial charge in [-0.2, -0.15) is 0 Å². The third kappa shape index (κ3) is 7.29. The van der Waals surface area contributed by atoms with Crippen molar-refractivity contribution in [2.24, 2.45) is 0 Å². The van der Waals surface area contributed by atoms with Gasteiger partial charge in [-0.05, 0) is 39.2 Å². The van der Waals surface area contributed by atoms with Crippen molar-refractivity contribution in [3.8, 4) is 0 Å². The third-order valence-electron chi connectivity index (χ3n) is 4.13. The first kappa shape index (κ1) is 20.7. The van der Waals surface area contributed by atoms with Gasteiger partial charge in [-0.15, -0.1) is 0 Å². The Morgan fingerprint density at radius 1 is 1.11 bits per heavy atom. The fourth-order valence-electron chi connectivity index (χ4n) is 2.92. The van der Waals surface area contributed by atoms with Crippen molar-refractivity contribution in [1.82, 2.24) is 15.5 Å². The number of alkyl carbamates (subject to hydrolysis) is 1. The zero-order chi connectivity index (χ0) is 19.9. The number of rotatable bonds is 6. The minimum absolute atomic E-state index is 0.0815. The van der Waals surface area contributed by atoms with Gasteiger partial charge in [-0.25, -0.2) is 4.79 Å². The largest absolute Gasteiger partial charge is 0.444 e. The summed E-state index contributed by atoms with van der Waals surface area (Å²) >= 11 is 0. The van der Waals surface area contributed by atoms with Gasteiger partial charge in [0, 0.05) is 19.5 Å². The van der Waals surface area contributed by atoms with Crippen LogP contribution in [0.1, 0.15) is 39.2 Å². The summed E-state index contributed by atoms with van der Waals surface area (Å²) in [6.45, 7) is 6.44. The Morgan fingerprint density at radius 3 is 2.33 bits per heavy atom. The van der Waals surface area contributed by atoms with Crippen LogP contribution in [0.4, 0.5) is 4.79 Å². The Morgan fingerprint density at radius 2 is 1.74 bits per heavy atom. The van der Waals surface area contributed by atoms with Gasteiger partial charge >= 0.3 is 6.09 Å². The van der Waals surface area contributed by atoms with E-state index in [0.29, 0.717) is 6.42 Å². The van der Waals surface area contributed by atoms with Crippen LogP contribution in [0.25, 0.3) is 0 Å². The number of hydrogen-bond donors (Lipinski definition) is 2. The van der Waals surface area contributed by atoms with Crippen LogP contribution in [0, 0.1) is 0 Å². The van der Waals surface area contributed by atoms with Crippen LogP contribution < -0.4 is 10.6 Å². The maximum absolute atomic E-state index is 12.8. The molecule has 1 aromatic rings. The molecule has 1 fully saturated rings. The predicted octanol–water partition coefficient (Wildman–Crippen LogP) is 1.86. The van der Waals surface area contributed by atoms with Gasteiger partial charge in [0.1, 0.15) is 18.2 Å². The van der Waals surface area contributed by atoms with Crippen molar-refractivity contribution in [3.05, 3.63) is 35.9 Å². The molecule has 3 amide bonds. The predicted molar refractivity (Wildman–Crippen MR) is 102 cm³/mol. The molecule has 0 bridgehead atoms. The first-order valence-corrected chi connectivity index (χ1v) is 9.33. The number of nitrogens with one attached hydrogen (secondary N) is 2. The first-order valence-electron chi connectivity index (χ1n) is 9.33. The monoisotopic (exact) mass is 375 g/mol.